The van der Waals surface area contributed by atoms with Gasteiger partial charge in [0.1, 0.15) is 11.1 Å². The Bertz CT molecular complexity index is 940. The first kappa shape index (κ1) is 19.8. The third kappa shape index (κ3) is 5.26. The fourth-order valence-corrected chi connectivity index (χ4v) is 3.39. The molecule has 2 aromatic carbocycles. The Balaban J connectivity index is 1.58. The molecule has 0 saturated carbocycles. The van der Waals surface area contributed by atoms with Crippen molar-refractivity contribution in [1.29, 1.82) is 0 Å². The van der Waals surface area contributed by atoms with E-state index in [0.717, 1.165) is 22.9 Å². The highest BCUT2D eigenvalue weighted by Crippen LogP contribution is 2.23. The molecule has 28 heavy (non-hydrogen) atoms. The summed E-state index contributed by atoms with van der Waals surface area (Å²) < 4.78 is 13.0. The number of rotatable bonds is 5. The molecular weight excluding hydrogens is 379 g/mol. The third-order valence-corrected chi connectivity index (χ3v) is 5.11. The molecule has 0 aliphatic carbocycles. The number of halogens is 1. The minimum absolute atomic E-state index is 0.0318. The van der Waals surface area contributed by atoms with Gasteiger partial charge in [0.2, 0.25) is 11.8 Å². The van der Waals surface area contributed by atoms with Crippen LogP contribution in [0.3, 0.4) is 0 Å². The van der Waals surface area contributed by atoms with Gasteiger partial charge in [-0.05, 0) is 43.7 Å². The fraction of sp³-hybridized carbons (Fsp3) is 0.200. The van der Waals surface area contributed by atoms with E-state index in [9.17, 15) is 14.0 Å². The van der Waals surface area contributed by atoms with Gasteiger partial charge >= 0.3 is 0 Å². The van der Waals surface area contributed by atoms with Gasteiger partial charge in [-0.2, -0.15) is 5.10 Å². The maximum atomic E-state index is 13.0. The number of aryl methyl sites for hydroxylation is 1. The number of thioether (sulfide) groups is 1. The SMILES string of the molecule is C/C(=N/N=C1\NC(=O)C(CC(=O)Nc2ccc(C)cc2)S1)c1ccc(F)cc1. The van der Waals surface area contributed by atoms with E-state index in [2.05, 4.69) is 20.8 Å². The van der Waals surface area contributed by atoms with Crippen molar-refractivity contribution in [1.82, 2.24) is 5.32 Å². The lowest BCUT2D eigenvalue weighted by atomic mass is 10.1. The number of anilines is 1. The normalized spacial score (nSPS) is 18.2. The van der Waals surface area contributed by atoms with Crippen LogP contribution in [0.5, 0.6) is 0 Å². The van der Waals surface area contributed by atoms with E-state index in [1.807, 2.05) is 31.2 Å². The molecule has 1 atom stereocenters. The van der Waals surface area contributed by atoms with Crippen LogP contribution in [0.15, 0.2) is 58.7 Å². The summed E-state index contributed by atoms with van der Waals surface area (Å²) in [4.78, 5) is 24.3. The van der Waals surface area contributed by atoms with Gasteiger partial charge in [-0.15, -0.1) is 5.10 Å². The lowest BCUT2D eigenvalue weighted by molar-refractivity contribution is -0.122. The molecule has 0 bridgehead atoms. The summed E-state index contributed by atoms with van der Waals surface area (Å²) in [6.45, 7) is 3.71. The number of hydrogen-bond donors (Lipinski definition) is 2. The van der Waals surface area contributed by atoms with Crippen LogP contribution < -0.4 is 10.6 Å². The van der Waals surface area contributed by atoms with Crippen LogP contribution in [0.25, 0.3) is 0 Å². The topological polar surface area (TPSA) is 82.9 Å². The molecule has 2 N–H and O–H groups in total. The molecule has 6 nitrogen and oxygen atoms in total. The molecule has 3 rings (SSSR count). The van der Waals surface area contributed by atoms with Gasteiger partial charge in [-0.3, -0.25) is 9.59 Å². The predicted octanol–water partition coefficient (Wildman–Crippen LogP) is 3.47. The smallest absolute Gasteiger partial charge is 0.240 e. The Kier molecular flexibility index (Phi) is 6.20. The zero-order valence-electron chi connectivity index (χ0n) is 15.4. The van der Waals surface area contributed by atoms with Crippen molar-refractivity contribution in [3.05, 3.63) is 65.5 Å². The Hall–Kier alpha value is -3.00. The van der Waals surface area contributed by atoms with Crippen molar-refractivity contribution in [3.63, 3.8) is 0 Å². The number of carbonyl (C=O) groups is 2. The maximum absolute atomic E-state index is 13.0. The van der Waals surface area contributed by atoms with Crippen molar-refractivity contribution in [2.75, 3.05) is 5.32 Å². The van der Waals surface area contributed by atoms with E-state index < -0.39 is 5.25 Å². The number of amides is 2. The Morgan fingerprint density at radius 3 is 2.54 bits per heavy atom. The Morgan fingerprint density at radius 2 is 1.86 bits per heavy atom. The standard InChI is InChI=1S/C20H19FN4O2S/c1-12-3-9-16(10-4-12)22-18(26)11-17-19(27)23-20(28-17)25-24-13(2)14-5-7-15(21)8-6-14/h3-10,17H,11H2,1-2H3,(H,22,26)(H,23,25,27)/b24-13-. The van der Waals surface area contributed by atoms with Gasteiger partial charge in [-0.1, -0.05) is 41.6 Å². The summed E-state index contributed by atoms with van der Waals surface area (Å²) in [7, 11) is 0. The van der Waals surface area contributed by atoms with Crippen molar-refractivity contribution in [2.24, 2.45) is 10.2 Å². The first-order chi connectivity index (χ1) is 13.4. The van der Waals surface area contributed by atoms with Crippen LogP contribution in [-0.2, 0) is 9.59 Å². The molecule has 1 heterocycles. The quantitative estimate of drug-likeness (QED) is 0.598. The molecule has 1 saturated heterocycles. The first-order valence-corrected chi connectivity index (χ1v) is 9.51. The van der Waals surface area contributed by atoms with Crippen molar-refractivity contribution < 1.29 is 14.0 Å². The van der Waals surface area contributed by atoms with Gasteiger partial charge < -0.3 is 10.6 Å². The summed E-state index contributed by atoms with van der Waals surface area (Å²) in [5, 5.41) is 13.3. The predicted molar refractivity (Wildman–Crippen MR) is 110 cm³/mol. The molecule has 0 aromatic heterocycles. The molecule has 2 amide bonds. The summed E-state index contributed by atoms with van der Waals surface area (Å²) in [5.74, 6) is -0.852. The van der Waals surface area contributed by atoms with Crippen LogP contribution in [0.4, 0.5) is 10.1 Å². The van der Waals surface area contributed by atoms with E-state index in [-0.39, 0.29) is 24.1 Å². The minimum Gasteiger partial charge on any atom is -0.326 e. The summed E-state index contributed by atoms with van der Waals surface area (Å²) in [5.41, 5.74) is 3.10. The Labute approximate surface area is 166 Å². The van der Waals surface area contributed by atoms with Crippen molar-refractivity contribution in [3.8, 4) is 0 Å². The second-order valence-corrected chi connectivity index (χ2v) is 7.50. The second kappa shape index (κ2) is 8.79. The van der Waals surface area contributed by atoms with Crippen LogP contribution in [0.2, 0.25) is 0 Å². The van der Waals surface area contributed by atoms with E-state index in [0.29, 0.717) is 16.6 Å². The summed E-state index contributed by atoms with van der Waals surface area (Å²) >= 11 is 1.16. The molecule has 2 aromatic rings. The van der Waals surface area contributed by atoms with Crippen molar-refractivity contribution >= 4 is 40.1 Å². The maximum Gasteiger partial charge on any atom is 0.240 e. The molecule has 0 radical (unpaired) electrons. The van der Waals surface area contributed by atoms with Crippen molar-refractivity contribution in [2.45, 2.75) is 25.5 Å². The lowest BCUT2D eigenvalue weighted by Gasteiger charge is -2.07. The molecule has 0 spiro atoms. The van der Waals surface area contributed by atoms with Crippen LogP contribution in [-0.4, -0.2) is 27.9 Å². The fourth-order valence-electron chi connectivity index (χ4n) is 2.47. The zero-order chi connectivity index (χ0) is 20.1. The number of nitrogens with zero attached hydrogens (tertiary/aromatic N) is 2. The van der Waals surface area contributed by atoms with Gasteiger partial charge in [0.15, 0.2) is 5.17 Å². The first-order valence-electron chi connectivity index (χ1n) is 8.63. The highest BCUT2D eigenvalue weighted by molar-refractivity contribution is 8.15. The van der Waals surface area contributed by atoms with E-state index in [4.69, 9.17) is 0 Å². The van der Waals surface area contributed by atoms with Gasteiger partial charge in [0.25, 0.3) is 0 Å². The average Bonchev–Trinajstić information content (AvgIpc) is 3.01. The molecule has 1 aliphatic rings. The minimum atomic E-state index is -0.564. The van der Waals surface area contributed by atoms with E-state index >= 15 is 0 Å². The number of nitrogens with one attached hydrogen (secondary N) is 2. The van der Waals surface area contributed by atoms with Crippen LogP contribution >= 0.6 is 11.8 Å². The molecule has 8 heteroatoms. The zero-order valence-corrected chi connectivity index (χ0v) is 16.2. The highest BCUT2D eigenvalue weighted by Gasteiger charge is 2.32. The average molecular weight is 398 g/mol. The van der Waals surface area contributed by atoms with Crippen LogP contribution in [0, 0.1) is 12.7 Å². The monoisotopic (exact) mass is 398 g/mol. The van der Waals surface area contributed by atoms with Gasteiger partial charge in [0, 0.05) is 12.1 Å². The summed E-state index contributed by atoms with van der Waals surface area (Å²) in [6, 6.07) is 13.3. The molecule has 1 fully saturated rings. The van der Waals surface area contributed by atoms with Crippen LogP contribution in [0.1, 0.15) is 24.5 Å². The van der Waals surface area contributed by atoms with Gasteiger partial charge in [0.05, 0.1) is 5.71 Å². The second-order valence-electron chi connectivity index (χ2n) is 6.31. The number of benzene rings is 2. The van der Waals surface area contributed by atoms with Gasteiger partial charge in [-0.25, -0.2) is 4.39 Å². The third-order valence-electron chi connectivity index (χ3n) is 4.04. The molecule has 1 aliphatic heterocycles. The lowest BCUT2D eigenvalue weighted by Crippen LogP contribution is -2.28. The van der Waals surface area contributed by atoms with E-state index in [1.165, 1.54) is 12.1 Å². The largest absolute Gasteiger partial charge is 0.326 e. The van der Waals surface area contributed by atoms with E-state index in [1.54, 1.807) is 19.1 Å². The summed E-state index contributed by atoms with van der Waals surface area (Å²) in [6.07, 6.45) is 0.0318. The number of amidine groups is 1. The Morgan fingerprint density at radius 1 is 1.18 bits per heavy atom. The number of hydrogen-bond acceptors (Lipinski definition) is 5. The number of carbonyl (C=O) groups excluding carboxylic acids is 2. The highest BCUT2D eigenvalue weighted by atomic mass is 32.2. The molecule has 144 valence electrons. The molecular formula is C20H19FN4O2S. The molecule has 1 unspecified atom stereocenters.